The van der Waals surface area contributed by atoms with E-state index in [1.54, 1.807) is 0 Å². The van der Waals surface area contributed by atoms with Crippen molar-refractivity contribution in [3.8, 4) is 44.5 Å². The van der Waals surface area contributed by atoms with Crippen molar-refractivity contribution in [2.24, 2.45) is 22.7 Å². The first-order valence-electron chi connectivity index (χ1n) is 28.7. The van der Waals surface area contributed by atoms with Crippen LogP contribution in [0.3, 0.4) is 0 Å². The molecule has 2 atom stereocenters. The van der Waals surface area contributed by atoms with E-state index >= 15 is 0 Å². The van der Waals surface area contributed by atoms with E-state index in [1.165, 1.54) is 149 Å². The number of benzene rings is 8. The molecule has 0 radical (unpaired) electrons. The van der Waals surface area contributed by atoms with Gasteiger partial charge in [-0.3, -0.25) is 0 Å². The monoisotopic (exact) mass is 997 g/mol. The van der Waals surface area contributed by atoms with Gasteiger partial charge in [-0.15, -0.1) is 0 Å². The van der Waals surface area contributed by atoms with Crippen molar-refractivity contribution >= 4 is 54.2 Å². The molecule has 0 heteroatoms. The summed E-state index contributed by atoms with van der Waals surface area (Å²) in [6.45, 7) is 50.4. The van der Waals surface area contributed by atoms with Gasteiger partial charge >= 0.3 is 0 Å². The van der Waals surface area contributed by atoms with E-state index < -0.39 is 0 Å². The molecule has 0 spiro atoms. The summed E-state index contributed by atoms with van der Waals surface area (Å²) < 4.78 is 0. The maximum absolute atomic E-state index is 2.69. The van der Waals surface area contributed by atoms with Crippen LogP contribution < -0.4 is 0 Å². The van der Waals surface area contributed by atoms with Gasteiger partial charge in [-0.1, -0.05) is 242 Å². The van der Waals surface area contributed by atoms with E-state index in [9.17, 15) is 0 Å². The third kappa shape index (κ3) is 7.79. The second-order valence-electron chi connectivity index (χ2n) is 31.2. The molecule has 0 bridgehead atoms. The van der Waals surface area contributed by atoms with E-state index in [4.69, 9.17) is 0 Å². The minimum Gasteiger partial charge on any atom is -0.0729 e. The van der Waals surface area contributed by atoms with Gasteiger partial charge in [0, 0.05) is 11.8 Å². The fourth-order valence-electron chi connectivity index (χ4n) is 13.5. The Labute approximate surface area is 456 Å². The largest absolute Gasteiger partial charge is 0.0729 e. The van der Waals surface area contributed by atoms with Gasteiger partial charge < -0.3 is 0 Å². The molecule has 0 aliphatic heterocycles. The lowest BCUT2D eigenvalue weighted by atomic mass is 9.68. The summed E-state index contributed by atoms with van der Waals surface area (Å²) in [7, 11) is 0. The zero-order chi connectivity index (χ0) is 54.7. The van der Waals surface area contributed by atoms with Crippen molar-refractivity contribution in [2.75, 3.05) is 0 Å². The summed E-state index contributed by atoms with van der Waals surface area (Å²) in [5.41, 5.74) is 26.2. The van der Waals surface area contributed by atoms with Crippen molar-refractivity contribution in [3.05, 3.63) is 165 Å². The van der Waals surface area contributed by atoms with Gasteiger partial charge in [0.15, 0.2) is 0 Å². The highest BCUT2D eigenvalue weighted by Gasteiger charge is 2.46. The SMILES string of the molecule is CC(C)(C)C1=CC2C=C(C(C)(C)C)C=C3c4c(c(-c5cc(C(C)(C)C)cc(C(C)(C)C)c5)c5cc6c(cc5c4-c4cc(C(C)(C)C)cc(C(C)(C)C)c4)-c4cc5cc(C(C)(C)C)cc7ccc8ccc-6c4c8c75)C(=C1)C32. The molecule has 8 aromatic carbocycles. The average Bonchev–Trinajstić information content (AvgIpc) is 3.88. The van der Waals surface area contributed by atoms with Gasteiger partial charge in [-0.25, -0.2) is 0 Å². The molecule has 8 aromatic rings. The Bertz CT molecular complexity index is 3910. The molecule has 4 aliphatic carbocycles. The fraction of sp³-hybridized carbons (Fsp3) is 0.395. The topological polar surface area (TPSA) is 0 Å². The maximum atomic E-state index is 2.69. The highest BCUT2D eigenvalue weighted by Crippen LogP contribution is 2.64. The lowest BCUT2D eigenvalue weighted by Crippen LogP contribution is -2.23. The molecule has 4 aliphatic rings. The highest BCUT2D eigenvalue weighted by molar-refractivity contribution is 6.33. The van der Waals surface area contributed by atoms with Crippen LogP contribution in [0.4, 0.5) is 0 Å². The molecular weight excluding hydrogens is 913 g/mol. The molecule has 0 nitrogen and oxygen atoms in total. The standard InChI is InChI=1S/C76H84/c1-70(2,3)47-26-42-23-22-41-24-25-54-55-39-58-59(40-56(55)57-34-46(33-47)62(42)66(41)67(54)57)65(45-31-50(73(10,11)12)36-51(32-45)74(13,14)15)69-61-38-53(76(19,20)21)28-43-27-52(75(16,17)18)37-60(63(43)61)68(69)64(58)44-29-48(71(4,5)6)35-49(30-44)72(7,8)9/h22-40,43,63H,1-21H3. The third-order valence-corrected chi connectivity index (χ3v) is 18.2. The molecule has 12 rings (SSSR count). The number of fused-ring (bicyclic) bond motifs is 7. The average molecular weight is 998 g/mol. The Morgan fingerprint density at radius 1 is 0.289 bits per heavy atom. The number of allylic oxidation sites excluding steroid dienone is 8. The van der Waals surface area contributed by atoms with Crippen LogP contribution in [0, 0.1) is 22.7 Å². The molecule has 388 valence electrons. The normalized spacial score (nSPS) is 17.9. The van der Waals surface area contributed by atoms with Crippen LogP contribution in [0.5, 0.6) is 0 Å². The minimum atomic E-state index is -0.0629. The molecular formula is C76H84. The molecule has 0 saturated carbocycles. The quantitative estimate of drug-likeness (QED) is 0.151. The second kappa shape index (κ2) is 15.8. The molecule has 0 fully saturated rings. The van der Waals surface area contributed by atoms with Crippen molar-refractivity contribution in [3.63, 3.8) is 0 Å². The van der Waals surface area contributed by atoms with E-state index in [1.807, 2.05) is 0 Å². The highest BCUT2D eigenvalue weighted by atomic mass is 14.5. The summed E-state index contributed by atoms with van der Waals surface area (Å²) in [6.07, 6.45) is 10.6. The van der Waals surface area contributed by atoms with E-state index in [-0.39, 0.29) is 49.7 Å². The summed E-state index contributed by atoms with van der Waals surface area (Å²) >= 11 is 0. The van der Waals surface area contributed by atoms with E-state index in [2.05, 4.69) is 261 Å². The van der Waals surface area contributed by atoms with Crippen molar-refractivity contribution in [1.29, 1.82) is 0 Å². The van der Waals surface area contributed by atoms with Crippen LogP contribution in [0.2, 0.25) is 0 Å². The first kappa shape index (κ1) is 50.8. The summed E-state index contributed by atoms with van der Waals surface area (Å²) in [6, 6.07) is 37.9. The Morgan fingerprint density at radius 2 is 0.671 bits per heavy atom. The van der Waals surface area contributed by atoms with Gasteiger partial charge in [0.05, 0.1) is 0 Å². The predicted molar refractivity (Wildman–Crippen MR) is 334 cm³/mol. The Balaban J connectivity index is 1.34. The Kier molecular flexibility index (Phi) is 10.6. The summed E-state index contributed by atoms with van der Waals surface area (Å²) in [5, 5.41) is 10.9. The van der Waals surface area contributed by atoms with Crippen molar-refractivity contribution in [2.45, 2.75) is 172 Å². The van der Waals surface area contributed by atoms with Gasteiger partial charge in [0.25, 0.3) is 0 Å². The zero-order valence-electron chi connectivity index (χ0n) is 50.1. The van der Waals surface area contributed by atoms with Crippen LogP contribution in [-0.4, -0.2) is 0 Å². The molecule has 2 unspecified atom stereocenters. The predicted octanol–water partition coefficient (Wildman–Crippen LogP) is 22.2. The maximum Gasteiger partial charge on any atom is 0.0200 e. The first-order valence-corrected chi connectivity index (χ1v) is 28.7. The van der Waals surface area contributed by atoms with E-state index in [0.717, 1.165) is 0 Å². The number of hydrogen-bond acceptors (Lipinski definition) is 0. The lowest BCUT2D eigenvalue weighted by molar-refractivity contribution is 0.491. The molecule has 76 heavy (non-hydrogen) atoms. The van der Waals surface area contributed by atoms with Crippen LogP contribution >= 0.6 is 0 Å². The Morgan fingerprint density at radius 3 is 1.09 bits per heavy atom. The minimum absolute atomic E-state index is 0.0189. The zero-order valence-corrected chi connectivity index (χ0v) is 50.1. The van der Waals surface area contributed by atoms with Gasteiger partial charge in [-0.2, -0.15) is 0 Å². The first-order chi connectivity index (χ1) is 35.1. The number of rotatable bonds is 2. The second-order valence-corrected chi connectivity index (χ2v) is 31.2. The van der Waals surface area contributed by atoms with Crippen molar-refractivity contribution < 1.29 is 0 Å². The summed E-state index contributed by atoms with van der Waals surface area (Å²) in [4.78, 5) is 0. The Hall–Kier alpha value is -5.98. The fourth-order valence-corrected chi connectivity index (χ4v) is 13.5. The van der Waals surface area contributed by atoms with Gasteiger partial charge in [0.1, 0.15) is 0 Å². The molecule has 0 aromatic heterocycles. The van der Waals surface area contributed by atoms with Gasteiger partial charge in [-0.05, 0) is 205 Å². The molecule has 0 heterocycles. The molecule has 0 N–H and O–H groups in total. The molecule has 0 amide bonds. The van der Waals surface area contributed by atoms with E-state index in [0.29, 0.717) is 0 Å². The lowest BCUT2D eigenvalue weighted by Gasteiger charge is -2.36. The number of hydrogen-bond donors (Lipinski definition) is 0. The van der Waals surface area contributed by atoms with Crippen LogP contribution in [0.15, 0.2) is 126 Å². The van der Waals surface area contributed by atoms with Crippen LogP contribution in [-0.2, 0) is 27.1 Å². The third-order valence-electron chi connectivity index (χ3n) is 18.2. The van der Waals surface area contributed by atoms with Crippen molar-refractivity contribution in [1.82, 2.24) is 0 Å². The molecule has 0 saturated heterocycles. The summed E-state index contributed by atoms with van der Waals surface area (Å²) in [5.74, 6) is 0.447. The smallest absolute Gasteiger partial charge is 0.0200 e. The van der Waals surface area contributed by atoms with Gasteiger partial charge in [0.2, 0.25) is 0 Å². The van der Waals surface area contributed by atoms with Crippen LogP contribution in [0.1, 0.15) is 184 Å². The van der Waals surface area contributed by atoms with Crippen LogP contribution in [0.25, 0.3) is 98.7 Å².